The van der Waals surface area contributed by atoms with Gasteiger partial charge in [0.2, 0.25) is 0 Å². The summed E-state index contributed by atoms with van der Waals surface area (Å²) in [6, 6.07) is 8.79. The molecule has 0 radical (unpaired) electrons. The molecule has 1 aliphatic rings. The second-order valence-corrected chi connectivity index (χ2v) is 10.3. The second kappa shape index (κ2) is 8.80. The first-order chi connectivity index (χ1) is 14.1. The number of nitrogens with zero attached hydrogens (tertiary/aromatic N) is 1. The van der Waals surface area contributed by atoms with Gasteiger partial charge in [0.1, 0.15) is 0 Å². The van der Waals surface area contributed by atoms with Crippen LogP contribution in [-0.4, -0.2) is 37.0 Å². The van der Waals surface area contributed by atoms with E-state index in [2.05, 4.69) is 10.3 Å². The minimum Gasteiger partial charge on any atom is -0.504 e. The number of aromatic nitrogens is 1. The van der Waals surface area contributed by atoms with Gasteiger partial charge in [-0.3, -0.25) is 9.55 Å². The Labute approximate surface area is 177 Å². The van der Waals surface area contributed by atoms with Gasteiger partial charge >= 0.3 is 7.60 Å². The smallest absolute Gasteiger partial charge is 0.359 e. The Morgan fingerprint density at radius 3 is 2.60 bits per heavy atom. The zero-order valence-corrected chi connectivity index (χ0v) is 19.0. The average Bonchev–Trinajstić information content (AvgIpc) is 2.70. The van der Waals surface area contributed by atoms with Gasteiger partial charge in [0.15, 0.2) is 11.5 Å². The van der Waals surface area contributed by atoms with Crippen LogP contribution in [0, 0.1) is 19.3 Å². The third-order valence-corrected chi connectivity index (χ3v) is 6.75. The molecule has 30 heavy (non-hydrogen) atoms. The summed E-state index contributed by atoms with van der Waals surface area (Å²) in [5.41, 5.74) is 3.14. The number of ether oxygens (including phenoxy) is 1. The number of hydrogen-bond acceptors (Lipinski definition) is 7. The molecule has 0 unspecified atom stereocenters. The molecule has 1 fully saturated rings. The lowest BCUT2D eigenvalue weighted by Crippen LogP contribution is -2.30. The first-order valence-electron chi connectivity index (χ1n) is 9.77. The molecule has 1 aromatic carbocycles. The molecule has 0 saturated carbocycles. The predicted molar refractivity (Wildman–Crippen MR) is 118 cm³/mol. The van der Waals surface area contributed by atoms with Crippen LogP contribution in [0.5, 0.6) is 11.5 Å². The molecule has 7 nitrogen and oxygen atoms in total. The van der Waals surface area contributed by atoms with Crippen molar-refractivity contribution in [3.05, 3.63) is 52.6 Å². The summed E-state index contributed by atoms with van der Waals surface area (Å²) in [5, 5.41) is 13.7. The summed E-state index contributed by atoms with van der Waals surface area (Å²) in [5.74, 6) is 0.369. The van der Waals surface area contributed by atoms with Gasteiger partial charge in [-0.1, -0.05) is 19.9 Å². The van der Waals surface area contributed by atoms with Crippen LogP contribution < -0.4 is 10.1 Å². The van der Waals surface area contributed by atoms with Crippen LogP contribution in [0.4, 0.5) is 5.69 Å². The fourth-order valence-electron chi connectivity index (χ4n) is 3.03. The van der Waals surface area contributed by atoms with E-state index in [0.29, 0.717) is 29.8 Å². The third kappa shape index (κ3) is 5.22. The van der Waals surface area contributed by atoms with E-state index in [9.17, 15) is 9.67 Å². The van der Waals surface area contributed by atoms with Gasteiger partial charge in [-0.15, -0.1) is 0 Å². The molecule has 162 valence electrons. The number of phenolic OH excluding ortho intramolecular Hbond substituents is 1. The van der Waals surface area contributed by atoms with Crippen molar-refractivity contribution in [3.63, 3.8) is 0 Å². The maximum atomic E-state index is 13.6. The topological polar surface area (TPSA) is 89.9 Å². The summed E-state index contributed by atoms with van der Waals surface area (Å²) < 4.78 is 30.3. The summed E-state index contributed by atoms with van der Waals surface area (Å²) in [6.07, 6.45) is 1.75. The van der Waals surface area contributed by atoms with Crippen molar-refractivity contribution >= 4 is 19.4 Å². The fourth-order valence-corrected chi connectivity index (χ4v) is 5.05. The minimum absolute atomic E-state index is 0.0363. The zero-order valence-electron chi connectivity index (χ0n) is 18.1. The Hall–Kier alpha value is -2.34. The highest BCUT2D eigenvalue weighted by molar-refractivity contribution is 7.58. The maximum Gasteiger partial charge on any atom is 0.359 e. The molecule has 0 spiro atoms. The summed E-state index contributed by atoms with van der Waals surface area (Å²) in [6.45, 7) is 8.80. The zero-order chi connectivity index (χ0) is 21.9. The van der Waals surface area contributed by atoms with Crippen molar-refractivity contribution < 1.29 is 23.5 Å². The van der Waals surface area contributed by atoms with Crippen LogP contribution in [-0.2, 0) is 13.6 Å². The molecule has 0 amide bonds. The summed E-state index contributed by atoms with van der Waals surface area (Å²) in [4.78, 5) is 4.46. The molecule has 0 bridgehead atoms. The lowest BCUT2D eigenvalue weighted by atomic mass is 9.97. The summed E-state index contributed by atoms with van der Waals surface area (Å²) >= 11 is 0. The highest BCUT2D eigenvalue weighted by Crippen LogP contribution is 2.60. The van der Waals surface area contributed by atoms with Gasteiger partial charge in [-0.25, -0.2) is 0 Å². The molecule has 3 rings (SSSR count). The van der Waals surface area contributed by atoms with E-state index >= 15 is 0 Å². The third-order valence-electron chi connectivity index (χ3n) is 4.82. The van der Waals surface area contributed by atoms with E-state index in [1.165, 1.54) is 13.2 Å². The molecule has 2 heterocycles. The standard InChI is InChI=1S/C22H29N2O5P/c1-15-6-8-19(16(2)24-15)23-12-18(30(26)28-13-22(3,4)14-29-30)10-17-7-9-20(25)21(11-17)27-5/h6-11,23,25H,12-14H2,1-5H3/b18-10-. The largest absolute Gasteiger partial charge is 0.504 e. The number of aromatic hydroxyl groups is 1. The van der Waals surface area contributed by atoms with Crippen LogP contribution in [0.1, 0.15) is 30.8 Å². The van der Waals surface area contributed by atoms with Crippen LogP contribution in [0.25, 0.3) is 6.08 Å². The molecule has 1 aromatic heterocycles. The number of benzene rings is 1. The molecule has 2 aromatic rings. The second-order valence-electron chi connectivity index (χ2n) is 8.21. The number of aryl methyl sites for hydroxylation is 2. The van der Waals surface area contributed by atoms with E-state index in [4.69, 9.17) is 13.8 Å². The number of anilines is 1. The lowest BCUT2D eigenvalue weighted by Gasteiger charge is -2.35. The van der Waals surface area contributed by atoms with Crippen molar-refractivity contribution in [1.29, 1.82) is 0 Å². The van der Waals surface area contributed by atoms with Crippen LogP contribution in [0.3, 0.4) is 0 Å². The number of nitrogens with one attached hydrogen (secondary N) is 1. The SMILES string of the molecule is COc1cc(/C=C(/CNc2ccc(C)nc2C)P2(=O)OCC(C)(C)CO2)ccc1O. The van der Waals surface area contributed by atoms with E-state index in [-0.39, 0.29) is 17.7 Å². The van der Waals surface area contributed by atoms with E-state index < -0.39 is 7.60 Å². The molecular weight excluding hydrogens is 403 g/mol. The van der Waals surface area contributed by atoms with Crippen LogP contribution in [0.2, 0.25) is 0 Å². The Kier molecular flexibility index (Phi) is 6.56. The minimum atomic E-state index is -3.49. The molecule has 2 N–H and O–H groups in total. The van der Waals surface area contributed by atoms with E-state index in [0.717, 1.165) is 17.1 Å². The van der Waals surface area contributed by atoms with Gasteiger partial charge in [-0.05, 0) is 49.8 Å². The number of hydrogen-bond donors (Lipinski definition) is 2. The first kappa shape index (κ1) is 22.3. The summed E-state index contributed by atoms with van der Waals surface area (Å²) in [7, 11) is -2.01. The van der Waals surface area contributed by atoms with Gasteiger partial charge in [0.05, 0.1) is 37.0 Å². The Balaban J connectivity index is 1.93. The normalized spacial score (nSPS) is 18.1. The van der Waals surface area contributed by atoms with Gasteiger partial charge in [0.25, 0.3) is 0 Å². The Morgan fingerprint density at radius 1 is 1.27 bits per heavy atom. The molecule has 1 saturated heterocycles. The molecule has 0 aliphatic carbocycles. The van der Waals surface area contributed by atoms with Gasteiger partial charge in [-0.2, -0.15) is 0 Å². The van der Waals surface area contributed by atoms with Crippen molar-refractivity contribution in [1.82, 2.24) is 4.98 Å². The number of rotatable bonds is 6. The van der Waals surface area contributed by atoms with Crippen molar-refractivity contribution in [2.75, 3.05) is 32.2 Å². The highest BCUT2D eigenvalue weighted by Gasteiger charge is 2.39. The van der Waals surface area contributed by atoms with Crippen molar-refractivity contribution in [2.45, 2.75) is 27.7 Å². The lowest BCUT2D eigenvalue weighted by molar-refractivity contribution is 0.0446. The van der Waals surface area contributed by atoms with Crippen LogP contribution >= 0.6 is 7.60 Å². The molecular formula is C22H29N2O5P. The van der Waals surface area contributed by atoms with Crippen molar-refractivity contribution in [3.8, 4) is 11.5 Å². The molecule has 1 aliphatic heterocycles. The fraction of sp³-hybridized carbons (Fsp3) is 0.409. The number of phenols is 1. The highest BCUT2D eigenvalue weighted by atomic mass is 31.2. The maximum absolute atomic E-state index is 13.6. The van der Waals surface area contributed by atoms with Gasteiger partial charge in [0, 0.05) is 17.7 Å². The van der Waals surface area contributed by atoms with Crippen molar-refractivity contribution in [2.24, 2.45) is 5.41 Å². The quantitative estimate of drug-likeness (QED) is 0.612. The Bertz CT molecular complexity index is 989. The van der Waals surface area contributed by atoms with Crippen LogP contribution in [0.15, 0.2) is 35.6 Å². The molecule has 8 heteroatoms. The van der Waals surface area contributed by atoms with E-state index in [1.807, 2.05) is 39.8 Å². The predicted octanol–water partition coefficient (Wildman–Crippen LogP) is 5.13. The number of pyridine rings is 1. The first-order valence-corrected chi connectivity index (χ1v) is 11.3. The van der Waals surface area contributed by atoms with Gasteiger partial charge < -0.3 is 24.2 Å². The molecule has 0 atom stereocenters. The van der Waals surface area contributed by atoms with E-state index in [1.54, 1.807) is 18.2 Å². The number of methoxy groups -OCH3 is 1. The Morgan fingerprint density at radius 2 is 1.97 bits per heavy atom. The average molecular weight is 432 g/mol. The monoisotopic (exact) mass is 432 g/mol.